The van der Waals surface area contributed by atoms with Crippen molar-refractivity contribution in [3.8, 4) is 16.9 Å². The molecule has 0 spiro atoms. The molecule has 4 rings (SSSR count). The molecule has 26 heavy (non-hydrogen) atoms. The average molecular weight is 351 g/mol. The summed E-state index contributed by atoms with van der Waals surface area (Å²) in [4.78, 5) is 14.6. The predicted octanol–water partition coefficient (Wildman–Crippen LogP) is 5.06. The Morgan fingerprint density at radius 3 is 2.54 bits per heavy atom. The molecule has 1 aliphatic rings. The number of hydrogen-bond acceptors (Lipinski definition) is 2. The largest absolute Gasteiger partial charge is 0.508 e. The third-order valence-corrected chi connectivity index (χ3v) is 4.71. The minimum atomic E-state index is -0.801. The lowest BCUT2D eigenvalue weighted by Crippen LogP contribution is -2.36. The molecule has 3 nitrogen and oxygen atoms in total. The summed E-state index contributed by atoms with van der Waals surface area (Å²) in [5.41, 5.74) is 2.79. The highest BCUT2D eigenvalue weighted by Crippen LogP contribution is 2.45. The standard InChI is InChI=1S/C21H15F2NO2/c1-12-18-10-13(22)6-8-15(18)16-4-2-3-5-20(16)24(12)21(26)17-9-7-14(25)11-19(17)23/h2-12,25H,1H3/t12-/m1/s1. The molecule has 3 aromatic carbocycles. The maximum Gasteiger partial charge on any atom is 0.261 e. The van der Waals surface area contributed by atoms with Crippen molar-refractivity contribution in [1.29, 1.82) is 0 Å². The van der Waals surface area contributed by atoms with Crippen molar-refractivity contribution >= 4 is 11.6 Å². The first-order chi connectivity index (χ1) is 12.5. The summed E-state index contributed by atoms with van der Waals surface area (Å²) in [5.74, 6) is -1.99. The van der Waals surface area contributed by atoms with Crippen molar-refractivity contribution in [1.82, 2.24) is 0 Å². The summed E-state index contributed by atoms with van der Waals surface area (Å²) < 4.78 is 28.1. The fraction of sp³-hybridized carbons (Fsp3) is 0.0952. The Labute approximate surface area is 149 Å². The Morgan fingerprint density at radius 2 is 1.77 bits per heavy atom. The van der Waals surface area contributed by atoms with E-state index >= 15 is 0 Å². The minimum absolute atomic E-state index is 0.149. The van der Waals surface area contributed by atoms with Crippen molar-refractivity contribution < 1.29 is 18.7 Å². The van der Waals surface area contributed by atoms with Crippen molar-refractivity contribution in [2.24, 2.45) is 0 Å². The monoisotopic (exact) mass is 351 g/mol. The summed E-state index contributed by atoms with van der Waals surface area (Å²) in [6.45, 7) is 1.78. The lowest BCUT2D eigenvalue weighted by atomic mass is 9.88. The van der Waals surface area contributed by atoms with Gasteiger partial charge in [0.25, 0.3) is 5.91 Å². The summed E-state index contributed by atoms with van der Waals surface area (Å²) in [6.07, 6.45) is 0. The van der Waals surface area contributed by atoms with E-state index in [9.17, 15) is 18.7 Å². The first kappa shape index (κ1) is 16.3. The van der Waals surface area contributed by atoms with E-state index in [0.717, 1.165) is 17.2 Å². The molecule has 0 aliphatic carbocycles. The number of para-hydroxylation sites is 1. The van der Waals surface area contributed by atoms with E-state index in [0.29, 0.717) is 11.3 Å². The third kappa shape index (κ3) is 2.44. The van der Waals surface area contributed by atoms with Crippen LogP contribution in [0.1, 0.15) is 28.9 Å². The van der Waals surface area contributed by atoms with Crippen molar-refractivity contribution in [3.05, 3.63) is 83.4 Å². The lowest BCUT2D eigenvalue weighted by Gasteiger charge is -2.37. The van der Waals surface area contributed by atoms with E-state index in [-0.39, 0.29) is 11.3 Å². The zero-order valence-electron chi connectivity index (χ0n) is 13.9. The number of hydrogen-bond donors (Lipinski definition) is 1. The highest BCUT2D eigenvalue weighted by molar-refractivity contribution is 6.10. The number of carbonyl (C=O) groups is 1. The molecule has 0 aromatic heterocycles. The van der Waals surface area contributed by atoms with Crippen LogP contribution >= 0.6 is 0 Å². The van der Waals surface area contributed by atoms with E-state index in [1.165, 1.54) is 29.2 Å². The second-order valence-electron chi connectivity index (χ2n) is 6.26. The maximum absolute atomic E-state index is 14.3. The van der Waals surface area contributed by atoms with E-state index in [4.69, 9.17) is 0 Å². The molecular formula is C21H15F2NO2. The van der Waals surface area contributed by atoms with Gasteiger partial charge in [0.2, 0.25) is 0 Å². The number of fused-ring (bicyclic) bond motifs is 3. The Kier molecular flexibility index (Phi) is 3.72. The van der Waals surface area contributed by atoms with Crippen LogP contribution in [-0.4, -0.2) is 11.0 Å². The lowest BCUT2D eigenvalue weighted by molar-refractivity contribution is 0.0974. The molecule has 0 saturated heterocycles. The van der Waals surface area contributed by atoms with Gasteiger partial charge in [-0.2, -0.15) is 0 Å². The smallest absolute Gasteiger partial charge is 0.261 e. The first-order valence-electron chi connectivity index (χ1n) is 8.18. The fourth-order valence-electron chi connectivity index (χ4n) is 3.48. The molecule has 1 atom stereocenters. The number of nitrogens with zero attached hydrogens (tertiary/aromatic N) is 1. The summed E-state index contributed by atoms with van der Waals surface area (Å²) in [6, 6.07) is 14.7. The molecule has 0 bridgehead atoms. The van der Waals surface area contributed by atoms with Gasteiger partial charge in [0, 0.05) is 11.6 Å². The first-order valence-corrected chi connectivity index (χ1v) is 8.18. The van der Waals surface area contributed by atoms with Gasteiger partial charge >= 0.3 is 0 Å². The van der Waals surface area contributed by atoms with Gasteiger partial charge in [0.05, 0.1) is 17.3 Å². The molecule has 1 aliphatic heterocycles. The van der Waals surface area contributed by atoms with Gasteiger partial charge in [-0.15, -0.1) is 0 Å². The molecule has 130 valence electrons. The van der Waals surface area contributed by atoms with Crippen LogP contribution in [0.2, 0.25) is 0 Å². The fourth-order valence-corrected chi connectivity index (χ4v) is 3.48. The van der Waals surface area contributed by atoms with Crippen LogP contribution in [0.4, 0.5) is 14.5 Å². The van der Waals surface area contributed by atoms with Crippen LogP contribution in [0.5, 0.6) is 5.75 Å². The van der Waals surface area contributed by atoms with Gasteiger partial charge < -0.3 is 10.0 Å². The number of amides is 1. The Bertz CT molecular complexity index is 1030. The van der Waals surface area contributed by atoms with E-state index in [1.807, 2.05) is 12.1 Å². The van der Waals surface area contributed by atoms with E-state index < -0.39 is 23.6 Å². The van der Waals surface area contributed by atoms with Gasteiger partial charge in [0.15, 0.2) is 0 Å². The zero-order chi connectivity index (χ0) is 18.4. The second kappa shape index (κ2) is 5.95. The highest BCUT2D eigenvalue weighted by Gasteiger charge is 2.33. The molecule has 0 unspecified atom stereocenters. The van der Waals surface area contributed by atoms with Crippen molar-refractivity contribution in [2.75, 3.05) is 4.90 Å². The molecule has 1 heterocycles. The molecule has 0 radical (unpaired) electrons. The molecular weight excluding hydrogens is 336 g/mol. The van der Waals surface area contributed by atoms with Crippen molar-refractivity contribution in [3.63, 3.8) is 0 Å². The minimum Gasteiger partial charge on any atom is -0.508 e. The Morgan fingerprint density at radius 1 is 1.00 bits per heavy atom. The number of aromatic hydroxyl groups is 1. The normalized spacial score (nSPS) is 15.3. The summed E-state index contributed by atoms with van der Waals surface area (Å²) in [7, 11) is 0. The van der Waals surface area contributed by atoms with Crippen LogP contribution in [-0.2, 0) is 0 Å². The third-order valence-electron chi connectivity index (χ3n) is 4.71. The number of phenolic OH excluding ortho intramolecular Hbond substituents is 1. The molecule has 1 amide bonds. The van der Waals surface area contributed by atoms with Gasteiger partial charge in [-0.05, 0) is 48.4 Å². The van der Waals surface area contributed by atoms with Crippen LogP contribution < -0.4 is 4.90 Å². The number of anilines is 1. The molecule has 5 heteroatoms. The number of phenols is 1. The van der Waals surface area contributed by atoms with E-state index in [2.05, 4.69) is 0 Å². The number of halogens is 2. The second-order valence-corrected chi connectivity index (χ2v) is 6.26. The highest BCUT2D eigenvalue weighted by atomic mass is 19.1. The van der Waals surface area contributed by atoms with Crippen LogP contribution in [0.25, 0.3) is 11.1 Å². The van der Waals surface area contributed by atoms with E-state index in [1.54, 1.807) is 25.1 Å². The Balaban J connectivity index is 1.90. The number of carbonyl (C=O) groups excluding carboxylic acids is 1. The van der Waals surface area contributed by atoms with Crippen molar-refractivity contribution in [2.45, 2.75) is 13.0 Å². The van der Waals surface area contributed by atoms with Crippen LogP contribution in [0.15, 0.2) is 60.7 Å². The molecule has 0 fully saturated rings. The van der Waals surface area contributed by atoms with Gasteiger partial charge in [-0.1, -0.05) is 24.3 Å². The van der Waals surface area contributed by atoms with Gasteiger partial charge in [0.1, 0.15) is 17.4 Å². The Hall–Kier alpha value is -3.21. The molecule has 3 aromatic rings. The molecule has 1 N–H and O–H groups in total. The number of rotatable bonds is 1. The van der Waals surface area contributed by atoms with Crippen LogP contribution in [0, 0.1) is 11.6 Å². The molecule has 0 saturated carbocycles. The van der Waals surface area contributed by atoms with Gasteiger partial charge in [-0.3, -0.25) is 4.79 Å². The zero-order valence-corrected chi connectivity index (χ0v) is 13.9. The summed E-state index contributed by atoms with van der Waals surface area (Å²) >= 11 is 0. The quantitative estimate of drug-likeness (QED) is 0.666. The maximum atomic E-state index is 14.3. The topological polar surface area (TPSA) is 40.5 Å². The average Bonchev–Trinajstić information content (AvgIpc) is 2.62. The SMILES string of the molecule is C[C@@H]1c2cc(F)ccc2-c2ccccc2N1C(=O)c1ccc(O)cc1F. The van der Waals surface area contributed by atoms with Crippen LogP contribution in [0.3, 0.4) is 0 Å². The predicted molar refractivity (Wildman–Crippen MR) is 95.1 cm³/mol. The number of benzene rings is 3. The summed E-state index contributed by atoms with van der Waals surface area (Å²) in [5, 5.41) is 9.39. The van der Waals surface area contributed by atoms with Gasteiger partial charge in [-0.25, -0.2) is 8.78 Å².